The third kappa shape index (κ3) is 3.17. The normalized spacial score (nSPS) is 11.3. The molecule has 1 amide bonds. The molecule has 4 rings (SSSR count). The minimum Gasteiger partial charge on any atom is -0.354 e. The van der Waals surface area contributed by atoms with Gasteiger partial charge in [-0.2, -0.15) is 4.98 Å². The molecule has 0 radical (unpaired) electrons. The zero-order chi connectivity index (χ0) is 20.0. The molecule has 3 heterocycles. The van der Waals surface area contributed by atoms with Crippen molar-refractivity contribution in [1.82, 2.24) is 24.1 Å². The van der Waals surface area contributed by atoms with Crippen LogP contribution >= 0.6 is 11.3 Å². The Bertz CT molecular complexity index is 1260. The van der Waals surface area contributed by atoms with Gasteiger partial charge in [0.15, 0.2) is 16.4 Å². The molecular weight excluding hydrogens is 392 g/mol. The molecule has 0 saturated carbocycles. The second kappa shape index (κ2) is 6.64. The molecule has 0 atom stereocenters. The number of nitrogens with one attached hydrogen (secondary N) is 1. The summed E-state index contributed by atoms with van der Waals surface area (Å²) in [6.07, 6.45) is 1.29. The number of thiazole rings is 1. The lowest BCUT2D eigenvalue weighted by atomic mass is 10.3. The first kappa shape index (κ1) is 18.0. The molecule has 12 heteroatoms. The summed E-state index contributed by atoms with van der Waals surface area (Å²) in [7, 11) is 3.67. The first-order chi connectivity index (χ1) is 13.3. The van der Waals surface area contributed by atoms with Crippen molar-refractivity contribution in [3.63, 3.8) is 0 Å². The fourth-order valence-electron chi connectivity index (χ4n) is 2.58. The Labute approximate surface area is 159 Å². The van der Waals surface area contributed by atoms with Gasteiger partial charge in [-0.1, -0.05) is 11.3 Å². The van der Waals surface area contributed by atoms with Crippen LogP contribution in [-0.2, 0) is 11.3 Å². The molecule has 0 spiro atoms. The summed E-state index contributed by atoms with van der Waals surface area (Å²) in [5.41, 5.74) is 0.148. The number of benzene rings is 1. The average molecular weight is 405 g/mol. The Morgan fingerprint density at radius 3 is 2.64 bits per heavy atom. The van der Waals surface area contributed by atoms with E-state index in [0.717, 1.165) is 16.8 Å². The topological polar surface area (TPSA) is 97.4 Å². The van der Waals surface area contributed by atoms with Crippen LogP contribution < -0.4 is 15.9 Å². The number of aromatic nitrogens is 5. The fraction of sp³-hybridized carbons (Fsp3) is 0.188. The highest BCUT2D eigenvalue weighted by molar-refractivity contribution is 7.22. The standard InChI is InChI=1S/C16H13F2N7O2S/c1-23(2)15-21-13-12(28-15)14-22-25(16(27)24(14)7-19-13)6-11(26)20-10-4-8(17)3-9(18)5-10/h3-5,7H,6H2,1-2H3,(H,20,26). The highest BCUT2D eigenvalue weighted by atomic mass is 32.1. The molecule has 144 valence electrons. The van der Waals surface area contributed by atoms with Gasteiger partial charge in [0.25, 0.3) is 0 Å². The third-order valence-electron chi connectivity index (χ3n) is 3.79. The number of amides is 1. The van der Waals surface area contributed by atoms with Gasteiger partial charge >= 0.3 is 5.69 Å². The monoisotopic (exact) mass is 405 g/mol. The Kier molecular flexibility index (Phi) is 4.26. The van der Waals surface area contributed by atoms with E-state index in [1.165, 1.54) is 22.1 Å². The number of carbonyl (C=O) groups is 1. The Hall–Kier alpha value is -3.41. The number of rotatable bonds is 4. The summed E-state index contributed by atoms with van der Waals surface area (Å²) in [5.74, 6) is -2.30. The van der Waals surface area contributed by atoms with Crippen LogP contribution in [0.3, 0.4) is 0 Å². The second-order valence-corrected chi connectivity index (χ2v) is 7.11. The molecule has 0 aliphatic rings. The quantitative estimate of drug-likeness (QED) is 0.553. The van der Waals surface area contributed by atoms with Crippen molar-refractivity contribution < 1.29 is 13.6 Å². The summed E-state index contributed by atoms with van der Waals surface area (Å²) >= 11 is 1.31. The summed E-state index contributed by atoms with van der Waals surface area (Å²) in [4.78, 5) is 35.0. The smallest absolute Gasteiger partial charge is 0.352 e. The van der Waals surface area contributed by atoms with E-state index in [-0.39, 0.29) is 5.69 Å². The van der Waals surface area contributed by atoms with Crippen LogP contribution in [0.25, 0.3) is 16.0 Å². The SMILES string of the molecule is CN(C)c1nc2ncn3c(=O)n(CC(=O)Nc4cc(F)cc(F)c4)nc3c2s1. The first-order valence-electron chi connectivity index (χ1n) is 8.00. The predicted molar refractivity (Wildman–Crippen MR) is 99.7 cm³/mol. The molecule has 0 saturated heterocycles. The van der Waals surface area contributed by atoms with E-state index < -0.39 is 29.8 Å². The Balaban J connectivity index is 1.66. The van der Waals surface area contributed by atoms with Gasteiger partial charge in [-0.3, -0.25) is 4.79 Å². The molecule has 1 aromatic carbocycles. The van der Waals surface area contributed by atoms with Gasteiger partial charge in [0.05, 0.1) is 0 Å². The van der Waals surface area contributed by atoms with Crippen LogP contribution in [0, 0.1) is 11.6 Å². The molecule has 0 unspecified atom stereocenters. The van der Waals surface area contributed by atoms with Gasteiger partial charge in [-0.05, 0) is 12.1 Å². The lowest BCUT2D eigenvalue weighted by Crippen LogP contribution is -2.28. The summed E-state index contributed by atoms with van der Waals surface area (Å²) in [6, 6.07) is 2.64. The molecule has 9 nitrogen and oxygen atoms in total. The average Bonchev–Trinajstić information content (AvgIpc) is 3.16. The molecule has 28 heavy (non-hydrogen) atoms. The predicted octanol–water partition coefficient (Wildman–Crippen LogP) is 1.48. The van der Waals surface area contributed by atoms with E-state index in [1.54, 1.807) is 0 Å². The Morgan fingerprint density at radius 1 is 1.25 bits per heavy atom. The van der Waals surface area contributed by atoms with Crippen molar-refractivity contribution in [2.24, 2.45) is 0 Å². The van der Waals surface area contributed by atoms with Crippen LogP contribution in [0.4, 0.5) is 19.6 Å². The number of carbonyl (C=O) groups excluding carboxylic acids is 1. The number of nitrogens with zero attached hydrogens (tertiary/aromatic N) is 6. The molecule has 1 N–H and O–H groups in total. The maximum atomic E-state index is 13.2. The largest absolute Gasteiger partial charge is 0.354 e. The van der Waals surface area contributed by atoms with Crippen molar-refractivity contribution in [2.45, 2.75) is 6.54 Å². The maximum Gasteiger partial charge on any atom is 0.352 e. The summed E-state index contributed by atoms with van der Waals surface area (Å²) in [5, 5.41) is 7.24. The number of hydrogen-bond acceptors (Lipinski definition) is 7. The van der Waals surface area contributed by atoms with Crippen LogP contribution in [-0.4, -0.2) is 44.2 Å². The van der Waals surface area contributed by atoms with Gasteiger partial charge < -0.3 is 10.2 Å². The zero-order valence-electron chi connectivity index (χ0n) is 14.7. The molecule has 3 aromatic heterocycles. The van der Waals surface area contributed by atoms with E-state index in [2.05, 4.69) is 20.4 Å². The third-order valence-corrected chi connectivity index (χ3v) is 5.00. The van der Waals surface area contributed by atoms with Crippen molar-refractivity contribution in [1.29, 1.82) is 0 Å². The minimum atomic E-state index is -0.824. The molecule has 4 aromatic rings. The van der Waals surface area contributed by atoms with Gasteiger partial charge in [0, 0.05) is 25.8 Å². The van der Waals surface area contributed by atoms with Crippen molar-refractivity contribution in [3.8, 4) is 0 Å². The molecule has 0 aliphatic heterocycles. The van der Waals surface area contributed by atoms with Gasteiger partial charge in [-0.15, -0.1) is 5.10 Å². The number of halogens is 2. The van der Waals surface area contributed by atoms with Crippen LogP contribution in [0.15, 0.2) is 29.3 Å². The zero-order valence-corrected chi connectivity index (χ0v) is 15.5. The lowest BCUT2D eigenvalue weighted by molar-refractivity contribution is -0.117. The first-order valence-corrected chi connectivity index (χ1v) is 8.81. The van der Waals surface area contributed by atoms with Crippen molar-refractivity contribution in [2.75, 3.05) is 24.3 Å². The minimum absolute atomic E-state index is 0.0542. The van der Waals surface area contributed by atoms with Crippen LogP contribution in [0.5, 0.6) is 0 Å². The highest BCUT2D eigenvalue weighted by Gasteiger charge is 2.17. The maximum absolute atomic E-state index is 13.2. The molecule has 0 aliphatic carbocycles. The van der Waals surface area contributed by atoms with E-state index in [0.29, 0.717) is 27.2 Å². The second-order valence-electron chi connectivity index (χ2n) is 6.13. The summed E-state index contributed by atoms with van der Waals surface area (Å²) < 4.78 is 29.3. The van der Waals surface area contributed by atoms with E-state index in [4.69, 9.17) is 0 Å². The fourth-order valence-corrected chi connectivity index (χ4v) is 3.50. The number of hydrogen-bond donors (Lipinski definition) is 1. The van der Waals surface area contributed by atoms with Gasteiger partial charge in [0.1, 0.15) is 29.2 Å². The van der Waals surface area contributed by atoms with Gasteiger partial charge in [0.2, 0.25) is 5.91 Å². The van der Waals surface area contributed by atoms with Gasteiger partial charge in [-0.25, -0.2) is 27.6 Å². The van der Waals surface area contributed by atoms with E-state index in [1.807, 2.05) is 19.0 Å². The summed E-state index contributed by atoms with van der Waals surface area (Å²) in [6.45, 7) is -0.431. The number of anilines is 2. The molecule has 0 fully saturated rings. The Morgan fingerprint density at radius 2 is 1.96 bits per heavy atom. The van der Waals surface area contributed by atoms with E-state index >= 15 is 0 Å². The lowest BCUT2D eigenvalue weighted by Gasteiger charge is -2.05. The van der Waals surface area contributed by atoms with Crippen LogP contribution in [0.2, 0.25) is 0 Å². The molecule has 0 bridgehead atoms. The van der Waals surface area contributed by atoms with Crippen molar-refractivity contribution >= 4 is 44.1 Å². The van der Waals surface area contributed by atoms with Crippen LogP contribution in [0.1, 0.15) is 0 Å². The van der Waals surface area contributed by atoms with E-state index in [9.17, 15) is 18.4 Å². The van der Waals surface area contributed by atoms with Crippen molar-refractivity contribution in [3.05, 3.63) is 46.6 Å². The highest BCUT2D eigenvalue weighted by Crippen LogP contribution is 2.28. The molecular formula is C16H13F2N7O2S. The number of fused-ring (bicyclic) bond motifs is 3.